The van der Waals surface area contributed by atoms with Crippen LogP contribution in [-0.4, -0.2) is 26.1 Å². The predicted molar refractivity (Wildman–Crippen MR) is 79.9 cm³/mol. The molecule has 0 aliphatic carbocycles. The van der Waals surface area contributed by atoms with Crippen LogP contribution in [0.5, 0.6) is 0 Å². The van der Waals surface area contributed by atoms with Gasteiger partial charge in [-0.1, -0.05) is 13.0 Å². The number of nitrogens with zero attached hydrogens (tertiary/aromatic N) is 4. The van der Waals surface area contributed by atoms with E-state index in [0.29, 0.717) is 0 Å². The summed E-state index contributed by atoms with van der Waals surface area (Å²) < 4.78 is 2.03. The van der Waals surface area contributed by atoms with E-state index in [1.54, 1.807) is 11.3 Å². The van der Waals surface area contributed by atoms with Crippen LogP contribution in [0.1, 0.15) is 22.6 Å². The molecule has 1 N–H and O–H groups in total. The highest BCUT2D eigenvalue weighted by Gasteiger charge is 2.04. The standard InChI is InChI=1S/C14H17N5S/c1-2-14-16-10-11(20-14)9-15-7-6-13-18-17-12-5-3-4-8-19(12)13/h3-5,8,10,15H,2,6-7,9H2,1H3. The fourth-order valence-electron chi connectivity index (χ4n) is 2.07. The predicted octanol–water partition coefficient (Wildman–Crippen LogP) is 2.08. The number of thiazole rings is 1. The van der Waals surface area contributed by atoms with Crippen molar-refractivity contribution in [2.75, 3.05) is 6.54 Å². The van der Waals surface area contributed by atoms with Crippen molar-refractivity contribution in [3.8, 4) is 0 Å². The smallest absolute Gasteiger partial charge is 0.160 e. The van der Waals surface area contributed by atoms with Crippen LogP contribution in [0.25, 0.3) is 5.65 Å². The Bertz CT molecular complexity index is 688. The van der Waals surface area contributed by atoms with Gasteiger partial charge in [-0.2, -0.15) is 0 Å². The Morgan fingerprint density at radius 1 is 1.30 bits per heavy atom. The Morgan fingerprint density at radius 2 is 2.25 bits per heavy atom. The van der Waals surface area contributed by atoms with Gasteiger partial charge in [0.25, 0.3) is 0 Å². The largest absolute Gasteiger partial charge is 0.311 e. The molecule has 5 nitrogen and oxygen atoms in total. The first-order valence-electron chi connectivity index (χ1n) is 6.79. The summed E-state index contributed by atoms with van der Waals surface area (Å²) in [6.45, 7) is 3.88. The van der Waals surface area contributed by atoms with Crippen molar-refractivity contribution in [2.45, 2.75) is 26.3 Å². The van der Waals surface area contributed by atoms with Gasteiger partial charge in [-0.05, 0) is 18.6 Å². The van der Waals surface area contributed by atoms with Crippen LogP contribution in [0.4, 0.5) is 0 Å². The fourth-order valence-corrected chi connectivity index (χ4v) is 2.90. The zero-order valence-corrected chi connectivity index (χ0v) is 12.2. The van der Waals surface area contributed by atoms with E-state index >= 15 is 0 Å². The number of pyridine rings is 1. The molecule has 0 radical (unpaired) electrons. The number of aromatic nitrogens is 4. The molecule has 0 unspecified atom stereocenters. The van der Waals surface area contributed by atoms with Gasteiger partial charge >= 0.3 is 0 Å². The Balaban J connectivity index is 1.52. The number of hydrogen-bond acceptors (Lipinski definition) is 5. The summed E-state index contributed by atoms with van der Waals surface area (Å²) in [5, 5.41) is 13.0. The Kier molecular flexibility index (Phi) is 4.03. The van der Waals surface area contributed by atoms with Gasteiger partial charge in [0.05, 0.1) is 5.01 Å². The normalized spacial score (nSPS) is 11.2. The average molecular weight is 287 g/mol. The monoisotopic (exact) mass is 287 g/mol. The lowest BCUT2D eigenvalue weighted by Gasteiger charge is -2.02. The minimum Gasteiger partial charge on any atom is -0.311 e. The van der Waals surface area contributed by atoms with Crippen molar-refractivity contribution in [3.05, 3.63) is 46.3 Å². The van der Waals surface area contributed by atoms with E-state index in [-0.39, 0.29) is 0 Å². The topological polar surface area (TPSA) is 55.1 Å². The molecule has 0 saturated carbocycles. The first-order chi connectivity index (χ1) is 9.86. The first-order valence-corrected chi connectivity index (χ1v) is 7.61. The van der Waals surface area contributed by atoms with E-state index in [4.69, 9.17) is 0 Å². The maximum absolute atomic E-state index is 4.36. The summed E-state index contributed by atoms with van der Waals surface area (Å²) in [4.78, 5) is 5.64. The molecular formula is C14H17N5S. The molecule has 0 aliphatic heterocycles. The highest BCUT2D eigenvalue weighted by atomic mass is 32.1. The minimum absolute atomic E-state index is 0.866. The third-order valence-corrected chi connectivity index (χ3v) is 4.25. The van der Waals surface area contributed by atoms with Crippen LogP contribution >= 0.6 is 11.3 Å². The lowest BCUT2D eigenvalue weighted by Crippen LogP contribution is -2.17. The SMILES string of the molecule is CCc1ncc(CNCCc2nnc3ccccn23)s1. The number of rotatable bonds is 6. The molecule has 0 bridgehead atoms. The van der Waals surface area contributed by atoms with Gasteiger partial charge in [-0.3, -0.25) is 4.40 Å². The molecule has 0 amide bonds. The number of nitrogens with one attached hydrogen (secondary N) is 1. The van der Waals surface area contributed by atoms with Crippen molar-refractivity contribution in [1.29, 1.82) is 0 Å². The quantitative estimate of drug-likeness (QED) is 0.705. The minimum atomic E-state index is 0.866. The van der Waals surface area contributed by atoms with Crippen molar-refractivity contribution >= 4 is 17.0 Å². The molecule has 0 fully saturated rings. The highest BCUT2D eigenvalue weighted by molar-refractivity contribution is 7.11. The molecule has 0 saturated heterocycles. The van der Waals surface area contributed by atoms with Crippen LogP contribution in [-0.2, 0) is 19.4 Å². The second-order valence-corrected chi connectivity index (χ2v) is 5.75. The van der Waals surface area contributed by atoms with Gasteiger partial charge in [0.1, 0.15) is 5.82 Å². The van der Waals surface area contributed by atoms with Crippen molar-refractivity contribution in [3.63, 3.8) is 0 Å². The van der Waals surface area contributed by atoms with E-state index in [1.165, 1.54) is 9.88 Å². The average Bonchev–Trinajstić information content (AvgIpc) is 3.10. The van der Waals surface area contributed by atoms with E-state index in [0.717, 1.165) is 37.4 Å². The van der Waals surface area contributed by atoms with Crippen LogP contribution in [0.3, 0.4) is 0 Å². The molecule has 0 spiro atoms. The molecule has 20 heavy (non-hydrogen) atoms. The third kappa shape index (κ3) is 2.86. The zero-order chi connectivity index (χ0) is 13.8. The summed E-state index contributed by atoms with van der Waals surface area (Å²) in [6.07, 6.45) is 5.84. The van der Waals surface area contributed by atoms with E-state index < -0.39 is 0 Å². The molecule has 6 heteroatoms. The summed E-state index contributed by atoms with van der Waals surface area (Å²) in [6, 6.07) is 5.94. The van der Waals surface area contributed by atoms with Gasteiger partial charge in [0, 0.05) is 36.8 Å². The van der Waals surface area contributed by atoms with Crippen LogP contribution in [0.15, 0.2) is 30.6 Å². The lowest BCUT2D eigenvalue weighted by molar-refractivity contribution is 0.671. The summed E-state index contributed by atoms with van der Waals surface area (Å²) in [7, 11) is 0. The van der Waals surface area contributed by atoms with Gasteiger partial charge in [-0.25, -0.2) is 4.98 Å². The fraction of sp³-hybridized carbons (Fsp3) is 0.357. The first kappa shape index (κ1) is 13.2. The molecule has 0 aromatic carbocycles. The number of fused-ring (bicyclic) bond motifs is 1. The molecule has 3 aromatic rings. The lowest BCUT2D eigenvalue weighted by atomic mass is 10.4. The second kappa shape index (κ2) is 6.11. The molecule has 3 heterocycles. The van der Waals surface area contributed by atoms with E-state index in [2.05, 4.69) is 27.4 Å². The maximum Gasteiger partial charge on any atom is 0.160 e. The number of hydrogen-bond donors (Lipinski definition) is 1. The van der Waals surface area contributed by atoms with Crippen molar-refractivity contribution < 1.29 is 0 Å². The van der Waals surface area contributed by atoms with Crippen LogP contribution in [0.2, 0.25) is 0 Å². The summed E-state index contributed by atoms with van der Waals surface area (Å²) in [5.74, 6) is 0.992. The Morgan fingerprint density at radius 3 is 3.10 bits per heavy atom. The molecule has 104 valence electrons. The number of aryl methyl sites for hydroxylation is 1. The molecular weight excluding hydrogens is 270 g/mol. The summed E-state index contributed by atoms with van der Waals surface area (Å²) >= 11 is 1.78. The van der Waals surface area contributed by atoms with Crippen molar-refractivity contribution in [2.24, 2.45) is 0 Å². The van der Waals surface area contributed by atoms with Crippen LogP contribution < -0.4 is 5.32 Å². The molecule has 0 aliphatic rings. The van der Waals surface area contributed by atoms with Gasteiger partial charge in [-0.15, -0.1) is 21.5 Å². The van der Waals surface area contributed by atoms with Crippen molar-refractivity contribution in [1.82, 2.24) is 24.9 Å². The third-order valence-electron chi connectivity index (χ3n) is 3.11. The van der Waals surface area contributed by atoms with Crippen LogP contribution in [0, 0.1) is 0 Å². The maximum atomic E-state index is 4.36. The molecule has 0 atom stereocenters. The van der Waals surface area contributed by atoms with E-state index in [1.807, 2.05) is 35.0 Å². The zero-order valence-electron chi connectivity index (χ0n) is 11.4. The Labute approximate surface area is 121 Å². The molecule has 3 aromatic heterocycles. The Hall–Kier alpha value is -1.79. The summed E-state index contributed by atoms with van der Waals surface area (Å²) in [5.41, 5.74) is 0.901. The van der Waals surface area contributed by atoms with E-state index in [9.17, 15) is 0 Å². The molecule has 3 rings (SSSR count). The van der Waals surface area contributed by atoms with Gasteiger partial charge < -0.3 is 5.32 Å². The second-order valence-electron chi connectivity index (χ2n) is 4.55. The highest BCUT2D eigenvalue weighted by Crippen LogP contribution is 2.12. The van der Waals surface area contributed by atoms with Gasteiger partial charge in [0.2, 0.25) is 0 Å². The van der Waals surface area contributed by atoms with Gasteiger partial charge in [0.15, 0.2) is 5.65 Å².